The highest BCUT2D eigenvalue weighted by atomic mass is 79.9. The summed E-state index contributed by atoms with van der Waals surface area (Å²) < 4.78 is 6.43. The lowest BCUT2D eigenvalue weighted by Gasteiger charge is -2.10. The van der Waals surface area contributed by atoms with Crippen LogP contribution in [0.4, 0.5) is 5.69 Å². The first kappa shape index (κ1) is 16.4. The van der Waals surface area contributed by atoms with E-state index in [2.05, 4.69) is 33.2 Å². The number of hydrogen-bond acceptors (Lipinski definition) is 3. The van der Waals surface area contributed by atoms with Crippen molar-refractivity contribution in [2.45, 2.75) is 20.0 Å². The third-order valence-electron chi connectivity index (χ3n) is 2.75. The zero-order chi connectivity index (χ0) is 15.2. The number of benzene rings is 1. The molecule has 3 nitrogen and oxygen atoms in total. The Balaban J connectivity index is 2.04. The molecule has 0 saturated carbocycles. The number of halogens is 3. The zero-order valence-corrected chi connectivity index (χ0v) is 14.6. The smallest absolute Gasteiger partial charge is 0.140 e. The number of rotatable bonds is 6. The van der Waals surface area contributed by atoms with E-state index < -0.39 is 0 Å². The third-order valence-corrected chi connectivity index (χ3v) is 4.24. The number of aromatic nitrogens is 1. The van der Waals surface area contributed by atoms with Gasteiger partial charge in [0.05, 0.1) is 15.7 Å². The zero-order valence-electron chi connectivity index (χ0n) is 11.5. The highest BCUT2D eigenvalue weighted by Crippen LogP contribution is 2.34. The van der Waals surface area contributed by atoms with Crippen LogP contribution < -0.4 is 10.1 Å². The van der Waals surface area contributed by atoms with E-state index in [9.17, 15) is 0 Å². The molecule has 1 aromatic carbocycles. The van der Waals surface area contributed by atoms with Crippen LogP contribution in [0.15, 0.2) is 34.9 Å². The van der Waals surface area contributed by atoms with Gasteiger partial charge in [-0.1, -0.05) is 30.1 Å². The Labute approximate surface area is 142 Å². The number of ether oxygens (including phenoxy) is 1. The average molecular weight is 390 g/mol. The quantitative estimate of drug-likeness (QED) is 0.657. The third kappa shape index (κ3) is 4.77. The first-order valence-corrected chi connectivity index (χ1v) is 8.11. The van der Waals surface area contributed by atoms with E-state index in [4.69, 9.17) is 27.9 Å². The molecule has 1 aromatic heterocycles. The maximum Gasteiger partial charge on any atom is 0.140 e. The predicted octanol–water partition coefficient (Wildman–Crippen LogP) is 5.55. The van der Waals surface area contributed by atoms with Crippen LogP contribution >= 0.6 is 39.1 Å². The van der Waals surface area contributed by atoms with Crippen molar-refractivity contribution in [3.05, 3.63) is 50.7 Å². The van der Waals surface area contributed by atoms with Crippen molar-refractivity contribution >= 4 is 44.8 Å². The SMILES string of the molecule is CCCNc1ccnc(COc2cc(Cl)c(Br)cc2Cl)c1. The second kappa shape index (κ2) is 7.87. The molecule has 0 amide bonds. The molecule has 2 rings (SSSR count). The molecule has 2 aromatic rings. The fraction of sp³-hybridized carbons (Fsp3) is 0.267. The molecule has 1 heterocycles. The molecule has 0 aliphatic carbocycles. The molecule has 0 radical (unpaired) electrons. The van der Waals surface area contributed by atoms with Gasteiger partial charge in [-0.3, -0.25) is 4.98 Å². The highest BCUT2D eigenvalue weighted by Gasteiger charge is 2.07. The summed E-state index contributed by atoms with van der Waals surface area (Å²) >= 11 is 15.5. The van der Waals surface area contributed by atoms with E-state index in [0.29, 0.717) is 22.4 Å². The fourth-order valence-electron chi connectivity index (χ4n) is 1.70. The number of nitrogens with zero attached hydrogens (tertiary/aromatic N) is 1. The minimum Gasteiger partial charge on any atom is -0.486 e. The van der Waals surface area contributed by atoms with Gasteiger partial charge in [0.2, 0.25) is 0 Å². The molecular weight excluding hydrogens is 375 g/mol. The van der Waals surface area contributed by atoms with Crippen molar-refractivity contribution in [2.24, 2.45) is 0 Å². The normalized spacial score (nSPS) is 10.5. The van der Waals surface area contributed by atoms with Gasteiger partial charge in [0.15, 0.2) is 0 Å². The lowest BCUT2D eigenvalue weighted by atomic mass is 10.3. The molecule has 0 aliphatic rings. The van der Waals surface area contributed by atoms with Crippen molar-refractivity contribution in [3.8, 4) is 5.75 Å². The fourth-order valence-corrected chi connectivity index (χ4v) is 2.55. The number of hydrogen-bond donors (Lipinski definition) is 1. The molecule has 0 aliphatic heterocycles. The van der Waals surface area contributed by atoms with Gasteiger partial charge in [-0.15, -0.1) is 0 Å². The molecule has 0 bridgehead atoms. The van der Waals surface area contributed by atoms with Crippen molar-refractivity contribution in [2.75, 3.05) is 11.9 Å². The number of pyridine rings is 1. The Morgan fingerprint density at radius 2 is 2.05 bits per heavy atom. The summed E-state index contributed by atoms with van der Waals surface area (Å²) in [7, 11) is 0. The maximum absolute atomic E-state index is 6.12. The lowest BCUT2D eigenvalue weighted by Crippen LogP contribution is -2.03. The molecule has 1 N–H and O–H groups in total. The molecular formula is C15H15BrCl2N2O. The predicted molar refractivity (Wildman–Crippen MR) is 91.5 cm³/mol. The molecule has 21 heavy (non-hydrogen) atoms. The van der Waals surface area contributed by atoms with Crippen molar-refractivity contribution in [1.82, 2.24) is 4.98 Å². The van der Waals surface area contributed by atoms with Crippen molar-refractivity contribution in [1.29, 1.82) is 0 Å². The van der Waals surface area contributed by atoms with Gasteiger partial charge in [0.1, 0.15) is 12.4 Å². The minimum atomic E-state index is 0.333. The molecule has 0 saturated heterocycles. The second-order valence-electron chi connectivity index (χ2n) is 4.45. The van der Waals surface area contributed by atoms with Gasteiger partial charge in [0, 0.05) is 29.0 Å². The molecule has 112 valence electrons. The summed E-state index contributed by atoms with van der Waals surface area (Å²) in [6, 6.07) is 7.30. The van der Waals surface area contributed by atoms with E-state index in [1.165, 1.54) is 0 Å². The molecule has 6 heteroatoms. The number of anilines is 1. The van der Waals surface area contributed by atoms with Crippen LogP contribution in [0.25, 0.3) is 0 Å². The monoisotopic (exact) mass is 388 g/mol. The van der Waals surface area contributed by atoms with E-state index in [-0.39, 0.29) is 0 Å². The second-order valence-corrected chi connectivity index (χ2v) is 6.12. The highest BCUT2D eigenvalue weighted by molar-refractivity contribution is 9.10. The summed E-state index contributed by atoms with van der Waals surface area (Å²) in [6.45, 7) is 3.38. The van der Waals surface area contributed by atoms with Gasteiger partial charge in [-0.2, -0.15) is 0 Å². The van der Waals surface area contributed by atoms with E-state index in [1.54, 1.807) is 18.3 Å². The van der Waals surface area contributed by atoms with E-state index >= 15 is 0 Å². The largest absolute Gasteiger partial charge is 0.486 e. The summed E-state index contributed by atoms with van der Waals surface area (Å²) in [4.78, 5) is 4.28. The van der Waals surface area contributed by atoms with Gasteiger partial charge >= 0.3 is 0 Å². The van der Waals surface area contributed by atoms with Crippen molar-refractivity contribution < 1.29 is 4.74 Å². The summed E-state index contributed by atoms with van der Waals surface area (Å²) in [5.41, 5.74) is 1.86. The van der Waals surface area contributed by atoms with Crippen LogP contribution in [0.5, 0.6) is 5.75 Å². The molecule has 0 atom stereocenters. The summed E-state index contributed by atoms with van der Waals surface area (Å²) in [6.07, 6.45) is 2.83. The topological polar surface area (TPSA) is 34.2 Å². The van der Waals surface area contributed by atoms with Crippen LogP contribution in [-0.2, 0) is 6.61 Å². The van der Waals surface area contributed by atoms with E-state index in [1.807, 2.05) is 12.1 Å². The Morgan fingerprint density at radius 3 is 2.81 bits per heavy atom. The van der Waals surface area contributed by atoms with Gasteiger partial charge in [-0.25, -0.2) is 0 Å². The number of nitrogens with one attached hydrogen (secondary N) is 1. The lowest BCUT2D eigenvalue weighted by molar-refractivity contribution is 0.301. The van der Waals surface area contributed by atoms with Gasteiger partial charge < -0.3 is 10.1 Å². The molecule has 0 unspecified atom stereocenters. The Kier molecular flexibility index (Phi) is 6.15. The van der Waals surface area contributed by atoms with Crippen LogP contribution in [0.1, 0.15) is 19.0 Å². The Morgan fingerprint density at radius 1 is 1.24 bits per heavy atom. The van der Waals surface area contributed by atoms with E-state index in [0.717, 1.165) is 28.8 Å². The first-order chi connectivity index (χ1) is 10.1. The Bertz CT molecular complexity index is 623. The Hall–Kier alpha value is -0.970. The maximum atomic E-state index is 6.12. The van der Waals surface area contributed by atoms with Gasteiger partial charge in [0.25, 0.3) is 0 Å². The standard InChI is InChI=1S/C15H15BrCl2N2O/c1-2-4-19-10-3-5-20-11(6-10)9-21-15-8-13(17)12(16)7-14(15)18/h3,5-8H,2,4,9H2,1H3,(H,19,20). The molecule has 0 fully saturated rings. The van der Waals surface area contributed by atoms with Gasteiger partial charge in [-0.05, 0) is 40.5 Å². The summed E-state index contributed by atoms with van der Waals surface area (Å²) in [5.74, 6) is 0.540. The van der Waals surface area contributed by atoms with Crippen molar-refractivity contribution in [3.63, 3.8) is 0 Å². The minimum absolute atomic E-state index is 0.333. The van der Waals surface area contributed by atoms with Crippen LogP contribution in [0.2, 0.25) is 10.0 Å². The molecule has 0 spiro atoms. The van der Waals surface area contributed by atoms with Crippen LogP contribution in [-0.4, -0.2) is 11.5 Å². The van der Waals surface area contributed by atoms with Crippen LogP contribution in [0, 0.1) is 0 Å². The van der Waals surface area contributed by atoms with Crippen LogP contribution in [0.3, 0.4) is 0 Å². The average Bonchev–Trinajstić information content (AvgIpc) is 2.48. The summed E-state index contributed by atoms with van der Waals surface area (Å²) in [5, 5.41) is 4.37. The first-order valence-electron chi connectivity index (χ1n) is 6.56.